The van der Waals surface area contributed by atoms with Gasteiger partial charge in [-0.15, -0.1) is 0 Å². The third kappa shape index (κ3) is 2.10. The van der Waals surface area contributed by atoms with Gasteiger partial charge in [-0.2, -0.15) is 5.10 Å². The molecule has 3 heteroatoms. The lowest BCUT2D eigenvalue weighted by Gasteiger charge is -1.93. The molecule has 2 heterocycles. The van der Waals surface area contributed by atoms with Crippen molar-refractivity contribution in [1.29, 1.82) is 0 Å². The monoisotopic (exact) mass is 191 g/mol. The van der Waals surface area contributed by atoms with Gasteiger partial charge in [0, 0.05) is 0 Å². The van der Waals surface area contributed by atoms with Gasteiger partial charge in [-0.1, -0.05) is 19.9 Å². The summed E-state index contributed by atoms with van der Waals surface area (Å²) < 4.78 is 1.80. The van der Waals surface area contributed by atoms with E-state index in [1.807, 2.05) is 27.0 Å². The van der Waals surface area contributed by atoms with Crippen LogP contribution in [0.5, 0.6) is 0 Å². The van der Waals surface area contributed by atoms with E-state index in [1.165, 1.54) is 5.56 Å². The lowest BCUT2D eigenvalue weighted by molar-refractivity contribution is 0.901. The highest BCUT2D eigenvalue weighted by molar-refractivity contribution is 5.67. The molecule has 2 rings (SSSR count). The maximum Gasteiger partial charge on any atom is 0.112 e. The van der Waals surface area contributed by atoms with E-state index in [9.17, 15) is 0 Å². The van der Waals surface area contributed by atoms with E-state index in [0.717, 1.165) is 5.69 Å². The Kier molecular flexibility index (Phi) is 3.63. The highest BCUT2D eigenvalue weighted by atomic mass is 15.3. The number of aryl methyl sites for hydroxylation is 1. The summed E-state index contributed by atoms with van der Waals surface area (Å²) >= 11 is 0. The molecule has 1 aliphatic rings. The number of nitrogens with zero attached hydrogens (tertiary/aromatic N) is 3. The molecular weight excluding hydrogens is 174 g/mol. The Morgan fingerprint density at radius 3 is 2.79 bits per heavy atom. The van der Waals surface area contributed by atoms with E-state index in [0.29, 0.717) is 0 Å². The Morgan fingerprint density at radius 1 is 1.36 bits per heavy atom. The average Bonchev–Trinajstić information content (AvgIpc) is 2.45. The van der Waals surface area contributed by atoms with Gasteiger partial charge in [-0.3, -0.25) is 4.99 Å². The molecule has 76 valence electrons. The van der Waals surface area contributed by atoms with Crippen LogP contribution in [0.1, 0.15) is 32.0 Å². The third-order valence-corrected chi connectivity index (χ3v) is 1.97. The van der Waals surface area contributed by atoms with Crippen molar-refractivity contribution in [3.63, 3.8) is 0 Å². The van der Waals surface area contributed by atoms with Gasteiger partial charge in [-0.25, -0.2) is 4.68 Å². The summed E-state index contributed by atoms with van der Waals surface area (Å²) in [5.74, 6) is 0. The minimum Gasteiger partial charge on any atom is -0.266 e. The van der Waals surface area contributed by atoms with E-state index in [1.54, 1.807) is 11.0 Å². The Balaban J connectivity index is 0.000000461. The molecule has 0 aromatic carbocycles. The van der Waals surface area contributed by atoms with Crippen molar-refractivity contribution < 1.29 is 0 Å². The second kappa shape index (κ2) is 4.74. The fourth-order valence-electron chi connectivity index (χ4n) is 1.21. The van der Waals surface area contributed by atoms with Crippen molar-refractivity contribution >= 4 is 12.4 Å². The van der Waals surface area contributed by atoms with Crippen molar-refractivity contribution in [2.24, 2.45) is 4.99 Å². The zero-order valence-electron chi connectivity index (χ0n) is 9.23. The van der Waals surface area contributed by atoms with Crippen LogP contribution in [0.3, 0.4) is 0 Å². The lowest BCUT2D eigenvalue weighted by atomic mass is 10.2. The van der Waals surface area contributed by atoms with Crippen LogP contribution >= 0.6 is 0 Å². The fourth-order valence-corrected chi connectivity index (χ4v) is 1.21. The van der Waals surface area contributed by atoms with E-state index in [4.69, 9.17) is 0 Å². The maximum absolute atomic E-state index is 4.27. The third-order valence-electron chi connectivity index (χ3n) is 1.97. The number of hydrogen-bond acceptors (Lipinski definition) is 2. The Hall–Kier alpha value is -1.38. The summed E-state index contributed by atoms with van der Waals surface area (Å²) in [6.45, 7) is 8.10. The first-order valence-electron chi connectivity index (χ1n) is 5.03. The van der Waals surface area contributed by atoms with Crippen LogP contribution in [0.15, 0.2) is 17.3 Å². The molecule has 0 N–H and O–H groups in total. The molecule has 14 heavy (non-hydrogen) atoms. The van der Waals surface area contributed by atoms with Gasteiger partial charge in [-0.05, 0) is 25.5 Å². The van der Waals surface area contributed by atoms with Crippen LogP contribution in [-0.4, -0.2) is 22.2 Å². The first-order chi connectivity index (χ1) is 6.77. The molecule has 0 radical (unpaired) electrons. The summed E-state index contributed by atoms with van der Waals surface area (Å²) in [4.78, 5) is 4.27. The summed E-state index contributed by atoms with van der Waals surface area (Å²) in [5.41, 5.74) is 2.31. The van der Waals surface area contributed by atoms with Crippen LogP contribution in [0.2, 0.25) is 0 Å². The minimum atomic E-state index is 0.256. The van der Waals surface area contributed by atoms with Gasteiger partial charge < -0.3 is 0 Å². The van der Waals surface area contributed by atoms with Crippen LogP contribution < -0.4 is 0 Å². The smallest absolute Gasteiger partial charge is 0.112 e. The zero-order chi connectivity index (χ0) is 10.6. The van der Waals surface area contributed by atoms with E-state index < -0.39 is 0 Å². The van der Waals surface area contributed by atoms with Gasteiger partial charge in [0.05, 0.1) is 17.9 Å². The molecule has 0 bridgehead atoms. The summed E-state index contributed by atoms with van der Waals surface area (Å²) in [6, 6.07) is 0.256. The van der Waals surface area contributed by atoms with Crippen LogP contribution in [0.25, 0.3) is 6.08 Å². The minimum absolute atomic E-state index is 0.256. The molecule has 1 aromatic rings. The lowest BCUT2D eigenvalue weighted by Crippen LogP contribution is -2.00. The number of rotatable bonds is 0. The molecule has 0 spiro atoms. The Labute approximate surface area is 85.2 Å². The van der Waals surface area contributed by atoms with Crippen molar-refractivity contribution in [2.75, 3.05) is 0 Å². The van der Waals surface area contributed by atoms with E-state index >= 15 is 0 Å². The Bertz CT molecular complexity index is 347. The zero-order valence-corrected chi connectivity index (χ0v) is 9.23. The predicted octanol–water partition coefficient (Wildman–Crippen LogP) is 2.51. The van der Waals surface area contributed by atoms with Crippen LogP contribution in [0.4, 0.5) is 0 Å². The van der Waals surface area contributed by atoms with Crippen molar-refractivity contribution in [2.45, 2.75) is 33.7 Å². The predicted molar refractivity (Wildman–Crippen MR) is 60.7 cm³/mol. The van der Waals surface area contributed by atoms with Crippen molar-refractivity contribution in [1.82, 2.24) is 9.78 Å². The van der Waals surface area contributed by atoms with Crippen LogP contribution in [0, 0.1) is 6.92 Å². The van der Waals surface area contributed by atoms with Crippen LogP contribution in [-0.2, 0) is 0 Å². The topological polar surface area (TPSA) is 30.2 Å². The van der Waals surface area contributed by atoms with Gasteiger partial charge in [0.15, 0.2) is 0 Å². The number of fused-ring (bicyclic) bond motifs is 1. The first-order valence-corrected chi connectivity index (χ1v) is 5.03. The van der Waals surface area contributed by atoms with Crippen molar-refractivity contribution in [3.8, 4) is 0 Å². The normalized spacial score (nSPS) is 18.1. The molecule has 1 aliphatic heterocycles. The molecule has 3 nitrogen and oxygen atoms in total. The fraction of sp³-hybridized carbons (Fsp3) is 0.455. The highest BCUT2D eigenvalue weighted by Gasteiger charge is 2.05. The molecule has 0 amide bonds. The molecule has 1 aromatic heterocycles. The molecule has 1 atom stereocenters. The van der Waals surface area contributed by atoms with E-state index in [-0.39, 0.29) is 6.04 Å². The largest absolute Gasteiger partial charge is 0.266 e. The summed E-state index contributed by atoms with van der Waals surface area (Å²) in [5, 5.41) is 4.17. The number of aromatic nitrogens is 2. The molecule has 0 saturated carbocycles. The Morgan fingerprint density at radius 2 is 2.07 bits per heavy atom. The number of aliphatic imine (C=N–C) groups is 1. The second-order valence-corrected chi connectivity index (χ2v) is 3.02. The second-order valence-electron chi connectivity index (χ2n) is 3.02. The summed E-state index contributed by atoms with van der Waals surface area (Å²) in [7, 11) is 0. The van der Waals surface area contributed by atoms with Gasteiger partial charge >= 0.3 is 0 Å². The van der Waals surface area contributed by atoms with Crippen molar-refractivity contribution in [3.05, 3.63) is 23.5 Å². The van der Waals surface area contributed by atoms with Gasteiger partial charge in [0.1, 0.15) is 6.34 Å². The standard InChI is InChI=1S/C9H11N3.C2H6/c1-7-5-11-12-6-10-8(2)3-4-9(7)12;1-2/h3-6,8H,1-2H3;1-2H3. The number of hydrogen-bond donors (Lipinski definition) is 0. The maximum atomic E-state index is 4.27. The SMILES string of the molecule is CC.Cc1cnn2c1C=CC(C)N=C2. The molecular formula is C11H17N3. The van der Waals surface area contributed by atoms with Gasteiger partial charge in [0.2, 0.25) is 0 Å². The molecule has 1 unspecified atom stereocenters. The summed E-state index contributed by atoms with van der Waals surface area (Å²) in [6.07, 6.45) is 7.76. The highest BCUT2D eigenvalue weighted by Crippen LogP contribution is 2.11. The average molecular weight is 191 g/mol. The van der Waals surface area contributed by atoms with E-state index in [2.05, 4.69) is 29.2 Å². The molecule has 0 aliphatic carbocycles. The first kappa shape index (κ1) is 10.7. The molecule has 0 saturated heterocycles. The van der Waals surface area contributed by atoms with Gasteiger partial charge in [0.25, 0.3) is 0 Å². The molecule has 0 fully saturated rings. The quantitative estimate of drug-likeness (QED) is 0.619.